The molecule has 62 valence electrons. The van der Waals surface area contributed by atoms with Crippen LogP contribution in [0.3, 0.4) is 0 Å². The Hall–Kier alpha value is -0.330. The molecule has 2 saturated carbocycles. The Morgan fingerprint density at radius 3 is 2.36 bits per heavy atom. The number of Topliss-reactive ketones (excluding diaryl/α,β-unsaturated/α-hetero) is 1. The molecular weight excluding hydrogens is 136 g/mol. The monoisotopic (exact) mass is 152 g/mol. The standard InChI is InChI=1S/C10H16O/c1-9(2)6-7-8(11)4-5-10(7,9)3/h7H,4-6H2,1-3H3. The third-order valence-corrected chi connectivity index (χ3v) is 4.31. The molecule has 0 radical (unpaired) electrons. The molecule has 2 rings (SSSR count). The zero-order valence-electron chi connectivity index (χ0n) is 7.61. The molecule has 2 aliphatic carbocycles. The van der Waals surface area contributed by atoms with Gasteiger partial charge in [-0.05, 0) is 23.7 Å². The smallest absolute Gasteiger partial charge is 0.136 e. The molecule has 1 heteroatoms. The van der Waals surface area contributed by atoms with Crippen LogP contribution in [-0.2, 0) is 4.79 Å². The largest absolute Gasteiger partial charge is 0.299 e. The van der Waals surface area contributed by atoms with Crippen molar-refractivity contribution in [2.24, 2.45) is 16.7 Å². The second kappa shape index (κ2) is 1.70. The molecule has 0 heterocycles. The van der Waals surface area contributed by atoms with E-state index in [1.54, 1.807) is 0 Å². The highest BCUT2D eigenvalue weighted by atomic mass is 16.1. The maximum Gasteiger partial charge on any atom is 0.136 e. The van der Waals surface area contributed by atoms with Gasteiger partial charge in [0.25, 0.3) is 0 Å². The summed E-state index contributed by atoms with van der Waals surface area (Å²) in [6.45, 7) is 6.87. The maximum atomic E-state index is 11.3. The molecule has 0 bridgehead atoms. The zero-order chi connectivity index (χ0) is 8.28. The Balaban J connectivity index is 2.30. The Bertz CT molecular complexity index is 217. The third-order valence-electron chi connectivity index (χ3n) is 4.31. The fraction of sp³-hybridized carbons (Fsp3) is 0.900. The van der Waals surface area contributed by atoms with Crippen molar-refractivity contribution < 1.29 is 4.79 Å². The summed E-state index contributed by atoms with van der Waals surface area (Å²) in [5.41, 5.74) is 0.772. The second-order valence-electron chi connectivity index (χ2n) is 5.02. The predicted octanol–water partition coefficient (Wildman–Crippen LogP) is 2.40. The summed E-state index contributed by atoms with van der Waals surface area (Å²) < 4.78 is 0. The normalized spacial score (nSPS) is 46.8. The molecule has 0 aromatic carbocycles. The van der Waals surface area contributed by atoms with Crippen molar-refractivity contribution in [3.63, 3.8) is 0 Å². The molecule has 2 aliphatic rings. The van der Waals surface area contributed by atoms with E-state index in [2.05, 4.69) is 20.8 Å². The van der Waals surface area contributed by atoms with E-state index >= 15 is 0 Å². The minimum absolute atomic E-state index is 0.351. The highest BCUT2D eigenvalue weighted by Crippen LogP contribution is 2.66. The van der Waals surface area contributed by atoms with Crippen LogP contribution in [0, 0.1) is 16.7 Å². The van der Waals surface area contributed by atoms with Crippen LogP contribution in [0.2, 0.25) is 0 Å². The lowest BCUT2D eigenvalue weighted by molar-refractivity contribution is -0.139. The number of hydrogen-bond acceptors (Lipinski definition) is 1. The van der Waals surface area contributed by atoms with Crippen LogP contribution in [-0.4, -0.2) is 5.78 Å². The molecule has 0 spiro atoms. The first kappa shape index (κ1) is 7.33. The molecule has 0 saturated heterocycles. The number of fused-ring (bicyclic) bond motifs is 1. The SMILES string of the molecule is CC1(C)CC2C(=O)CCC21C. The van der Waals surface area contributed by atoms with Gasteiger partial charge in [0.1, 0.15) is 5.78 Å². The molecule has 1 nitrogen and oxygen atoms in total. The first-order valence-electron chi connectivity index (χ1n) is 4.50. The third kappa shape index (κ3) is 0.646. The van der Waals surface area contributed by atoms with Gasteiger partial charge in [-0.2, -0.15) is 0 Å². The molecule has 0 aliphatic heterocycles. The van der Waals surface area contributed by atoms with Crippen LogP contribution in [0.4, 0.5) is 0 Å². The molecular formula is C10H16O. The summed E-state index contributed by atoms with van der Waals surface area (Å²) in [6, 6.07) is 0. The van der Waals surface area contributed by atoms with Crippen LogP contribution in [0.25, 0.3) is 0 Å². The zero-order valence-corrected chi connectivity index (χ0v) is 7.61. The van der Waals surface area contributed by atoms with E-state index in [1.807, 2.05) is 0 Å². The molecule has 2 fully saturated rings. The molecule has 11 heavy (non-hydrogen) atoms. The average Bonchev–Trinajstić information content (AvgIpc) is 2.15. The highest BCUT2D eigenvalue weighted by Gasteiger charge is 2.62. The van der Waals surface area contributed by atoms with E-state index < -0.39 is 0 Å². The minimum atomic E-state index is 0.351. The van der Waals surface area contributed by atoms with Gasteiger partial charge in [-0.25, -0.2) is 0 Å². The molecule has 0 N–H and O–H groups in total. The fourth-order valence-corrected chi connectivity index (χ4v) is 2.85. The van der Waals surface area contributed by atoms with Crippen molar-refractivity contribution in [2.75, 3.05) is 0 Å². The van der Waals surface area contributed by atoms with E-state index in [-0.39, 0.29) is 0 Å². The summed E-state index contributed by atoms with van der Waals surface area (Å²) in [5, 5.41) is 0. The number of carbonyl (C=O) groups is 1. The van der Waals surface area contributed by atoms with Gasteiger partial charge in [-0.1, -0.05) is 20.8 Å². The Morgan fingerprint density at radius 2 is 2.00 bits per heavy atom. The molecule has 2 atom stereocenters. The summed E-state index contributed by atoms with van der Waals surface area (Å²) >= 11 is 0. The van der Waals surface area contributed by atoms with Gasteiger partial charge in [-0.15, -0.1) is 0 Å². The number of rotatable bonds is 0. The quantitative estimate of drug-likeness (QED) is 0.521. The molecule has 0 aromatic rings. The second-order valence-corrected chi connectivity index (χ2v) is 5.02. The van der Waals surface area contributed by atoms with Gasteiger partial charge >= 0.3 is 0 Å². The van der Waals surface area contributed by atoms with Gasteiger partial charge in [0.15, 0.2) is 0 Å². The fourth-order valence-electron chi connectivity index (χ4n) is 2.85. The molecule has 2 unspecified atom stereocenters. The maximum absolute atomic E-state index is 11.3. The van der Waals surface area contributed by atoms with E-state index in [0.29, 0.717) is 22.5 Å². The lowest BCUT2D eigenvalue weighted by atomic mass is 9.47. The van der Waals surface area contributed by atoms with Crippen molar-refractivity contribution >= 4 is 5.78 Å². The number of carbonyl (C=O) groups excluding carboxylic acids is 1. The van der Waals surface area contributed by atoms with E-state index in [9.17, 15) is 4.79 Å². The molecule has 0 aromatic heterocycles. The average molecular weight is 152 g/mol. The first-order valence-corrected chi connectivity index (χ1v) is 4.50. The van der Waals surface area contributed by atoms with E-state index in [1.165, 1.54) is 0 Å². The van der Waals surface area contributed by atoms with Gasteiger partial charge in [-0.3, -0.25) is 4.79 Å². The summed E-state index contributed by atoms with van der Waals surface area (Å²) in [4.78, 5) is 11.3. The van der Waals surface area contributed by atoms with Crippen LogP contribution in [0.1, 0.15) is 40.0 Å². The van der Waals surface area contributed by atoms with Gasteiger partial charge in [0.05, 0.1) is 0 Å². The Kier molecular flexibility index (Phi) is 1.13. The topological polar surface area (TPSA) is 17.1 Å². The van der Waals surface area contributed by atoms with E-state index in [0.717, 1.165) is 19.3 Å². The van der Waals surface area contributed by atoms with Crippen LogP contribution in [0.15, 0.2) is 0 Å². The summed E-state index contributed by atoms with van der Waals surface area (Å²) in [7, 11) is 0. The Morgan fingerprint density at radius 1 is 1.36 bits per heavy atom. The summed E-state index contributed by atoms with van der Waals surface area (Å²) in [5.74, 6) is 0.935. The van der Waals surface area contributed by atoms with Gasteiger partial charge in [0, 0.05) is 12.3 Å². The van der Waals surface area contributed by atoms with E-state index in [4.69, 9.17) is 0 Å². The minimum Gasteiger partial charge on any atom is -0.299 e. The van der Waals surface area contributed by atoms with Crippen LogP contribution >= 0.6 is 0 Å². The van der Waals surface area contributed by atoms with Crippen molar-refractivity contribution in [3.8, 4) is 0 Å². The van der Waals surface area contributed by atoms with Gasteiger partial charge in [0.2, 0.25) is 0 Å². The van der Waals surface area contributed by atoms with Crippen molar-refractivity contribution in [2.45, 2.75) is 40.0 Å². The summed E-state index contributed by atoms with van der Waals surface area (Å²) in [6.07, 6.45) is 3.09. The van der Waals surface area contributed by atoms with Crippen molar-refractivity contribution in [3.05, 3.63) is 0 Å². The van der Waals surface area contributed by atoms with Crippen LogP contribution < -0.4 is 0 Å². The predicted molar refractivity (Wildman–Crippen MR) is 44.2 cm³/mol. The number of hydrogen-bond donors (Lipinski definition) is 0. The van der Waals surface area contributed by atoms with Gasteiger partial charge < -0.3 is 0 Å². The molecule has 0 amide bonds. The number of ketones is 1. The highest BCUT2D eigenvalue weighted by molar-refractivity contribution is 5.85. The lowest BCUT2D eigenvalue weighted by Gasteiger charge is -2.56. The van der Waals surface area contributed by atoms with Crippen molar-refractivity contribution in [1.29, 1.82) is 0 Å². The Labute approximate surface area is 68.2 Å². The van der Waals surface area contributed by atoms with Crippen LogP contribution in [0.5, 0.6) is 0 Å². The lowest BCUT2D eigenvalue weighted by Crippen LogP contribution is -2.52. The first-order chi connectivity index (χ1) is 4.97. The van der Waals surface area contributed by atoms with Crippen molar-refractivity contribution in [1.82, 2.24) is 0 Å².